The number of para-hydroxylation sites is 2. The van der Waals surface area contributed by atoms with E-state index in [0.717, 1.165) is 21.1 Å². The van der Waals surface area contributed by atoms with Crippen LogP contribution in [-0.4, -0.2) is 15.8 Å². The smallest absolute Gasteiger partial charge is 0.196 e. The molecule has 126 valence electrons. The number of ketones is 1. The van der Waals surface area contributed by atoms with Crippen molar-refractivity contribution in [3.63, 3.8) is 0 Å². The molecule has 1 heterocycles. The number of allylic oxidation sites excluding steroid dienone is 1. The van der Waals surface area contributed by atoms with Gasteiger partial charge in [-0.25, -0.2) is 4.98 Å². The average molecular weight is 403 g/mol. The first-order valence-corrected chi connectivity index (χ1v) is 9.02. The average Bonchev–Trinajstić information content (AvgIpc) is 3.10. The summed E-state index contributed by atoms with van der Waals surface area (Å²) in [6.07, 6.45) is 1.87. The summed E-state index contributed by atoms with van der Waals surface area (Å²) in [5.74, 6) is 0.504. The SMILES string of the molecule is O=C(/C(=C/c1cccc(Br)c1)c1nc2ccccc2[nH]1)c1ccccc1. The number of aromatic nitrogens is 2. The lowest BCUT2D eigenvalue weighted by atomic mass is 10.0. The van der Waals surface area contributed by atoms with Crippen molar-refractivity contribution < 1.29 is 4.79 Å². The lowest BCUT2D eigenvalue weighted by Gasteiger charge is -2.05. The van der Waals surface area contributed by atoms with Gasteiger partial charge in [-0.3, -0.25) is 4.79 Å². The molecule has 0 bridgehead atoms. The van der Waals surface area contributed by atoms with Gasteiger partial charge >= 0.3 is 0 Å². The van der Waals surface area contributed by atoms with E-state index in [1.165, 1.54) is 0 Å². The summed E-state index contributed by atoms with van der Waals surface area (Å²) in [5, 5.41) is 0. The zero-order chi connectivity index (χ0) is 17.9. The van der Waals surface area contributed by atoms with Crippen molar-refractivity contribution in [1.29, 1.82) is 0 Å². The van der Waals surface area contributed by atoms with Crippen LogP contribution in [0.3, 0.4) is 0 Å². The lowest BCUT2D eigenvalue weighted by molar-refractivity contribution is 0.105. The molecule has 0 unspecified atom stereocenters. The van der Waals surface area contributed by atoms with Crippen LogP contribution in [0.25, 0.3) is 22.7 Å². The van der Waals surface area contributed by atoms with Gasteiger partial charge in [-0.05, 0) is 35.9 Å². The lowest BCUT2D eigenvalue weighted by Crippen LogP contribution is -2.04. The van der Waals surface area contributed by atoms with Crippen LogP contribution in [0.5, 0.6) is 0 Å². The van der Waals surface area contributed by atoms with Gasteiger partial charge in [-0.2, -0.15) is 0 Å². The molecule has 0 radical (unpaired) electrons. The van der Waals surface area contributed by atoms with Crippen LogP contribution in [0, 0.1) is 0 Å². The fourth-order valence-corrected chi connectivity index (χ4v) is 3.25. The summed E-state index contributed by atoms with van der Waals surface area (Å²) in [7, 11) is 0. The molecule has 4 heteroatoms. The maximum atomic E-state index is 13.2. The molecule has 1 N–H and O–H groups in total. The number of nitrogens with one attached hydrogen (secondary N) is 1. The molecule has 0 amide bonds. The van der Waals surface area contributed by atoms with Gasteiger partial charge in [0.25, 0.3) is 0 Å². The minimum atomic E-state index is -0.0652. The topological polar surface area (TPSA) is 45.8 Å². The number of carbonyl (C=O) groups excluding carboxylic acids is 1. The third kappa shape index (κ3) is 3.37. The van der Waals surface area contributed by atoms with E-state index in [0.29, 0.717) is 17.0 Å². The fraction of sp³-hybridized carbons (Fsp3) is 0. The van der Waals surface area contributed by atoms with E-state index >= 15 is 0 Å². The second kappa shape index (κ2) is 7.10. The minimum Gasteiger partial charge on any atom is -0.338 e. The van der Waals surface area contributed by atoms with Crippen molar-refractivity contribution >= 4 is 44.4 Å². The Balaban J connectivity index is 1.87. The van der Waals surface area contributed by atoms with E-state index in [9.17, 15) is 4.79 Å². The largest absolute Gasteiger partial charge is 0.338 e. The molecule has 0 aliphatic rings. The first kappa shape index (κ1) is 16.5. The minimum absolute atomic E-state index is 0.0652. The number of benzene rings is 3. The Morgan fingerprint density at radius 2 is 1.69 bits per heavy atom. The van der Waals surface area contributed by atoms with Gasteiger partial charge in [0.05, 0.1) is 16.6 Å². The quantitative estimate of drug-likeness (QED) is 0.348. The molecule has 0 aliphatic carbocycles. The number of hydrogen-bond acceptors (Lipinski definition) is 2. The zero-order valence-electron chi connectivity index (χ0n) is 13.8. The number of hydrogen-bond donors (Lipinski definition) is 1. The standard InChI is InChI=1S/C22H15BrN2O/c23-17-10-6-7-15(13-17)14-18(21(26)16-8-2-1-3-9-16)22-24-19-11-4-5-12-20(19)25-22/h1-14H,(H,24,25)/b18-14-. The van der Waals surface area contributed by atoms with Crippen LogP contribution in [0.15, 0.2) is 83.3 Å². The van der Waals surface area contributed by atoms with Gasteiger partial charge in [0, 0.05) is 10.0 Å². The summed E-state index contributed by atoms with van der Waals surface area (Å²) in [6, 6.07) is 24.9. The van der Waals surface area contributed by atoms with Gasteiger partial charge in [0.15, 0.2) is 5.78 Å². The molecule has 26 heavy (non-hydrogen) atoms. The van der Waals surface area contributed by atoms with Crippen molar-refractivity contribution in [3.8, 4) is 0 Å². The normalized spacial score (nSPS) is 11.7. The number of rotatable bonds is 4. The van der Waals surface area contributed by atoms with Crippen LogP contribution in [-0.2, 0) is 0 Å². The van der Waals surface area contributed by atoms with E-state index in [1.807, 2.05) is 84.9 Å². The number of halogens is 1. The Hall–Kier alpha value is -2.98. The highest BCUT2D eigenvalue weighted by molar-refractivity contribution is 9.10. The summed E-state index contributed by atoms with van der Waals surface area (Å²) in [6.45, 7) is 0. The Morgan fingerprint density at radius 1 is 0.923 bits per heavy atom. The number of H-pyrrole nitrogens is 1. The number of nitrogens with zero attached hydrogens (tertiary/aromatic N) is 1. The molecule has 0 aliphatic heterocycles. The monoisotopic (exact) mass is 402 g/mol. The summed E-state index contributed by atoms with van der Waals surface area (Å²) >= 11 is 3.48. The van der Waals surface area contributed by atoms with Crippen molar-refractivity contribution in [1.82, 2.24) is 9.97 Å². The van der Waals surface area contributed by atoms with Gasteiger partial charge in [-0.15, -0.1) is 0 Å². The van der Waals surface area contributed by atoms with Crippen molar-refractivity contribution in [2.75, 3.05) is 0 Å². The Bertz CT molecular complexity index is 1080. The Labute approximate surface area is 159 Å². The molecule has 0 fully saturated rings. The molecule has 0 spiro atoms. The molecule has 0 saturated heterocycles. The van der Waals surface area contributed by atoms with Crippen LogP contribution >= 0.6 is 15.9 Å². The molecule has 4 rings (SSSR count). The van der Waals surface area contributed by atoms with Crippen LogP contribution in [0.1, 0.15) is 21.7 Å². The van der Waals surface area contributed by atoms with E-state index in [4.69, 9.17) is 0 Å². The number of imidazole rings is 1. The number of aromatic amines is 1. The van der Waals surface area contributed by atoms with Gasteiger partial charge in [0.1, 0.15) is 5.82 Å². The molecule has 3 aromatic carbocycles. The zero-order valence-corrected chi connectivity index (χ0v) is 15.4. The fourth-order valence-electron chi connectivity index (χ4n) is 2.83. The second-order valence-corrected chi connectivity index (χ2v) is 6.83. The van der Waals surface area contributed by atoms with Crippen LogP contribution in [0.4, 0.5) is 0 Å². The van der Waals surface area contributed by atoms with E-state index in [-0.39, 0.29) is 5.78 Å². The highest BCUT2D eigenvalue weighted by Crippen LogP contribution is 2.24. The molecule has 1 aromatic heterocycles. The van der Waals surface area contributed by atoms with Crippen molar-refractivity contribution in [2.45, 2.75) is 0 Å². The highest BCUT2D eigenvalue weighted by Gasteiger charge is 2.18. The maximum Gasteiger partial charge on any atom is 0.196 e. The maximum absolute atomic E-state index is 13.2. The first-order chi connectivity index (χ1) is 12.7. The Morgan fingerprint density at radius 3 is 2.46 bits per heavy atom. The molecule has 4 aromatic rings. The van der Waals surface area contributed by atoms with Gasteiger partial charge < -0.3 is 4.98 Å². The second-order valence-electron chi connectivity index (χ2n) is 5.91. The predicted octanol–water partition coefficient (Wildman–Crippen LogP) is 5.75. The van der Waals surface area contributed by atoms with Gasteiger partial charge in [-0.1, -0.05) is 70.5 Å². The summed E-state index contributed by atoms with van der Waals surface area (Å²) in [5.41, 5.74) is 3.84. The third-order valence-electron chi connectivity index (χ3n) is 4.08. The molecular formula is C22H15BrN2O. The van der Waals surface area contributed by atoms with Gasteiger partial charge in [0.2, 0.25) is 0 Å². The summed E-state index contributed by atoms with van der Waals surface area (Å²) < 4.78 is 0.961. The molecular weight excluding hydrogens is 388 g/mol. The number of fused-ring (bicyclic) bond motifs is 1. The molecule has 0 atom stereocenters. The third-order valence-corrected chi connectivity index (χ3v) is 4.58. The number of carbonyl (C=O) groups is 1. The van der Waals surface area contributed by atoms with E-state index < -0.39 is 0 Å². The van der Waals surface area contributed by atoms with Crippen LogP contribution < -0.4 is 0 Å². The van der Waals surface area contributed by atoms with E-state index in [1.54, 1.807) is 0 Å². The van der Waals surface area contributed by atoms with E-state index in [2.05, 4.69) is 25.9 Å². The van der Waals surface area contributed by atoms with Crippen molar-refractivity contribution in [3.05, 3.63) is 100 Å². The predicted molar refractivity (Wildman–Crippen MR) is 109 cm³/mol. The summed E-state index contributed by atoms with van der Waals surface area (Å²) in [4.78, 5) is 21.1. The van der Waals surface area contributed by atoms with Crippen LogP contribution in [0.2, 0.25) is 0 Å². The van der Waals surface area contributed by atoms with Crippen molar-refractivity contribution in [2.24, 2.45) is 0 Å². The number of Topliss-reactive ketones (excluding diaryl/α,β-unsaturated/α-hetero) is 1. The first-order valence-electron chi connectivity index (χ1n) is 8.23. The Kier molecular flexibility index (Phi) is 4.50. The highest BCUT2D eigenvalue weighted by atomic mass is 79.9. The molecule has 0 saturated carbocycles. The molecule has 3 nitrogen and oxygen atoms in total.